The van der Waals surface area contributed by atoms with Crippen LogP contribution in [0.5, 0.6) is 0 Å². The van der Waals surface area contributed by atoms with Gasteiger partial charge in [-0.15, -0.1) is 11.3 Å². The van der Waals surface area contributed by atoms with Crippen LogP contribution >= 0.6 is 11.3 Å². The van der Waals surface area contributed by atoms with E-state index in [0.717, 1.165) is 55.0 Å². The Morgan fingerprint density at radius 3 is 2.04 bits per heavy atom. The molecule has 0 unspecified atom stereocenters. The molecule has 6 heteroatoms. The molecule has 4 aromatic heterocycles. The Labute approximate surface area is 318 Å². The van der Waals surface area contributed by atoms with Crippen LogP contribution in [0.4, 0.5) is 0 Å². The Hall–Kier alpha value is -7.15. The molecule has 55 heavy (non-hydrogen) atoms. The third-order valence-corrected chi connectivity index (χ3v) is 12.1. The summed E-state index contributed by atoms with van der Waals surface area (Å²) in [6.07, 6.45) is 0. The van der Waals surface area contributed by atoms with E-state index < -0.39 is 0 Å². The predicted octanol–water partition coefficient (Wildman–Crippen LogP) is 13.4. The number of benzene rings is 8. The molecule has 0 aliphatic carbocycles. The average Bonchev–Trinajstić information content (AvgIpc) is 3.93. The van der Waals surface area contributed by atoms with Crippen molar-refractivity contribution in [2.45, 2.75) is 0 Å². The molecule has 12 rings (SSSR count). The zero-order valence-corrected chi connectivity index (χ0v) is 30.1. The van der Waals surface area contributed by atoms with Crippen LogP contribution < -0.4 is 0 Å². The first-order valence-corrected chi connectivity index (χ1v) is 19.2. The van der Waals surface area contributed by atoms with Crippen LogP contribution in [0, 0.1) is 0 Å². The van der Waals surface area contributed by atoms with Crippen molar-refractivity contribution in [2.75, 3.05) is 0 Å². The summed E-state index contributed by atoms with van der Waals surface area (Å²) in [5.41, 5.74) is 7.83. The van der Waals surface area contributed by atoms with Gasteiger partial charge in [0.25, 0.3) is 0 Å². The number of fused-ring (bicyclic) bond motifs is 11. The minimum Gasteiger partial charge on any atom is -0.456 e. The van der Waals surface area contributed by atoms with Gasteiger partial charge in [0.15, 0.2) is 11.6 Å². The van der Waals surface area contributed by atoms with E-state index in [0.29, 0.717) is 17.6 Å². The van der Waals surface area contributed by atoms with Crippen molar-refractivity contribution in [2.24, 2.45) is 0 Å². The molecule has 0 atom stereocenters. The monoisotopic (exact) mass is 720 g/mol. The fraction of sp³-hybridized carbons (Fsp3) is 0. The summed E-state index contributed by atoms with van der Waals surface area (Å²) in [6, 6.07) is 59.6. The highest BCUT2D eigenvalue weighted by Crippen LogP contribution is 2.45. The number of aromatic nitrogens is 4. The SMILES string of the molecule is c1ccc(-c2nc(-c3ccc4c(c3)oc3ccccc34)nc(-n3c4ccc5ccccc5c4c4cccc(-c5cccc6c5sc5ccccc56)c43)n2)cc1. The van der Waals surface area contributed by atoms with Crippen molar-refractivity contribution < 1.29 is 4.42 Å². The number of thiophene rings is 1. The van der Waals surface area contributed by atoms with Gasteiger partial charge in [-0.25, -0.2) is 4.98 Å². The fourth-order valence-corrected chi connectivity index (χ4v) is 9.63. The van der Waals surface area contributed by atoms with Crippen LogP contribution in [0.25, 0.3) is 115 Å². The van der Waals surface area contributed by atoms with Gasteiger partial charge in [0.1, 0.15) is 11.2 Å². The molecule has 0 radical (unpaired) electrons. The van der Waals surface area contributed by atoms with Gasteiger partial charge in [0.05, 0.1) is 11.0 Å². The van der Waals surface area contributed by atoms with Gasteiger partial charge in [-0.05, 0) is 41.1 Å². The Morgan fingerprint density at radius 1 is 0.455 bits per heavy atom. The van der Waals surface area contributed by atoms with Crippen molar-refractivity contribution in [3.8, 4) is 39.9 Å². The summed E-state index contributed by atoms with van der Waals surface area (Å²) < 4.78 is 11.1. The van der Waals surface area contributed by atoms with Gasteiger partial charge in [-0.1, -0.05) is 140 Å². The van der Waals surface area contributed by atoms with Gasteiger partial charge < -0.3 is 4.42 Å². The third kappa shape index (κ3) is 4.55. The molecule has 5 nitrogen and oxygen atoms in total. The Morgan fingerprint density at radius 2 is 1.15 bits per heavy atom. The minimum absolute atomic E-state index is 0.555. The number of nitrogens with zero attached hydrogens (tertiary/aromatic N) is 4. The molecule has 4 heterocycles. The lowest BCUT2D eigenvalue weighted by atomic mass is 9.98. The van der Waals surface area contributed by atoms with E-state index in [-0.39, 0.29) is 0 Å². The summed E-state index contributed by atoms with van der Waals surface area (Å²) in [7, 11) is 0. The lowest BCUT2D eigenvalue weighted by Gasteiger charge is -2.13. The van der Waals surface area contributed by atoms with Crippen LogP contribution in [0.3, 0.4) is 0 Å². The van der Waals surface area contributed by atoms with Crippen molar-refractivity contribution in [1.82, 2.24) is 19.5 Å². The smallest absolute Gasteiger partial charge is 0.238 e. The summed E-state index contributed by atoms with van der Waals surface area (Å²) in [4.78, 5) is 15.8. The lowest BCUT2D eigenvalue weighted by Crippen LogP contribution is -2.07. The summed E-state index contributed by atoms with van der Waals surface area (Å²) in [5.74, 6) is 1.73. The summed E-state index contributed by atoms with van der Waals surface area (Å²) in [5, 5.41) is 9.38. The van der Waals surface area contributed by atoms with Crippen LogP contribution in [0.2, 0.25) is 0 Å². The van der Waals surface area contributed by atoms with Crippen molar-refractivity contribution in [3.63, 3.8) is 0 Å². The largest absolute Gasteiger partial charge is 0.456 e. The van der Waals surface area contributed by atoms with E-state index in [4.69, 9.17) is 19.4 Å². The molecule has 0 spiro atoms. The highest BCUT2D eigenvalue weighted by molar-refractivity contribution is 7.26. The summed E-state index contributed by atoms with van der Waals surface area (Å²) >= 11 is 1.85. The van der Waals surface area contributed by atoms with Crippen LogP contribution in [-0.2, 0) is 0 Å². The van der Waals surface area contributed by atoms with E-state index in [1.807, 2.05) is 47.7 Å². The van der Waals surface area contributed by atoms with E-state index in [2.05, 4.69) is 138 Å². The van der Waals surface area contributed by atoms with Crippen molar-refractivity contribution >= 4 is 86.0 Å². The molecule has 0 amide bonds. The highest BCUT2D eigenvalue weighted by atomic mass is 32.1. The van der Waals surface area contributed by atoms with Gasteiger partial charge in [-0.3, -0.25) is 4.57 Å². The standard InChI is InChI=1S/C49H28N4OS/c1-2-13-30(14-3-1)47-50-48(31-24-26-34-33-16-6-8-22-41(33)54-42(34)28-31)52-49(51-47)53-40-27-25-29-12-4-5-15-32(29)44(40)39-21-10-18-36(45(39)53)38-20-11-19-37-35-17-7-9-23-43(35)55-46(37)38/h1-28H. The Kier molecular flexibility index (Phi) is 6.44. The van der Waals surface area contributed by atoms with Crippen LogP contribution in [0.1, 0.15) is 0 Å². The molecule has 0 fully saturated rings. The maximum atomic E-state index is 6.33. The number of hydrogen-bond donors (Lipinski definition) is 0. The fourth-order valence-electron chi connectivity index (χ4n) is 8.40. The topological polar surface area (TPSA) is 56.7 Å². The molecule has 0 bridgehead atoms. The first kappa shape index (κ1) is 30.3. The molecule has 256 valence electrons. The van der Waals surface area contributed by atoms with Gasteiger partial charge in [0, 0.05) is 64.0 Å². The average molecular weight is 721 g/mol. The van der Waals surface area contributed by atoms with E-state index >= 15 is 0 Å². The molecule has 0 aliphatic rings. The second kappa shape index (κ2) is 11.7. The molecule has 0 saturated carbocycles. The number of hydrogen-bond acceptors (Lipinski definition) is 5. The Bertz CT molecular complexity index is 3500. The Balaban J connectivity index is 1.20. The molecule has 0 N–H and O–H groups in total. The highest BCUT2D eigenvalue weighted by Gasteiger charge is 2.23. The number of para-hydroxylation sites is 2. The second-order valence-electron chi connectivity index (χ2n) is 14.0. The molecule has 0 aliphatic heterocycles. The van der Waals surface area contributed by atoms with E-state index in [1.165, 1.54) is 41.9 Å². The molecular weight excluding hydrogens is 693 g/mol. The minimum atomic E-state index is 0.555. The lowest BCUT2D eigenvalue weighted by molar-refractivity contribution is 0.669. The third-order valence-electron chi connectivity index (χ3n) is 10.9. The van der Waals surface area contributed by atoms with Crippen molar-refractivity contribution in [3.05, 3.63) is 170 Å². The van der Waals surface area contributed by atoms with Gasteiger partial charge in [-0.2, -0.15) is 9.97 Å². The maximum Gasteiger partial charge on any atom is 0.238 e. The first-order chi connectivity index (χ1) is 27.3. The number of furan rings is 1. The molecule has 8 aromatic carbocycles. The quantitative estimate of drug-likeness (QED) is 0.182. The molecule has 12 aromatic rings. The zero-order valence-electron chi connectivity index (χ0n) is 29.3. The second-order valence-corrected chi connectivity index (χ2v) is 15.0. The first-order valence-electron chi connectivity index (χ1n) is 18.4. The molecular formula is C49H28N4OS. The summed E-state index contributed by atoms with van der Waals surface area (Å²) in [6.45, 7) is 0. The van der Waals surface area contributed by atoms with Gasteiger partial charge in [0.2, 0.25) is 5.95 Å². The van der Waals surface area contributed by atoms with Crippen molar-refractivity contribution in [1.29, 1.82) is 0 Å². The number of rotatable bonds is 4. The van der Waals surface area contributed by atoms with E-state index in [9.17, 15) is 0 Å². The van der Waals surface area contributed by atoms with E-state index in [1.54, 1.807) is 0 Å². The normalized spacial score (nSPS) is 12.0. The zero-order chi connectivity index (χ0) is 36.0. The van der Waals surface area contributed by atoms with Gasteiger partial charge >= 0.3 is 0 Å². The predicted molar refractivity (Wildman–Crippen MR) is 228 cm³/mol. The van der Waals surface area contributed by atoms with Crippen LogP contribution in [-0.4, -0.2) is 19.5 Å². The van der Waals surface area contributed by atoms with Crippen LogP contribution in [0.15, 0.2) is 174 Å². The molecule has 0 saturated heterocycles. The maximum absolute atomic E-state index is 6.33.